The van der Waals surface area contributed by atoms with Crippen LogP contribution in [0.2, 0.25) is 0 Å². The highest BCUT2D eigenvalue weighted by Crippen LogP contribution is 2.43. The zero-order valence-electron chi connectivity index (χ0n) is 16.1. The van der Waals surface area contributed by atoms with Crippen LogP contribution in [0.4, 0.5) is 0 Å². The van der Waals surface area contributed by atoms with Crippen molar-refractivity contribution in [1.82, 2.24) is 15.8 Å². The Morgan fingerprint density at radius 1 is 1.34 bits per heavy atom. The molecule has 0 radical (unpaired) electrons. The van der Waals surface area contributed by atoms with Crippen LogP contribution in [0.25, 0.3) is 0 Å². The van der Waals surface area contributed by atoms with Crippen LogP contribution >= 0.6 is 23.1 Å². The van der Waals surface area contributed by atoms with Gasteiger partial charge in [-0.05, 0) is 49.6 Å². The maximum absolute atomic E-state index is 13.0. The van der Waals surface area contributed by atoms with Gasteiger partial charge in [0.15, 0.2) is 0 Å². The Labute approximate surface area is 177 Å². The lowest BCUT2D eigenvalue weighted by molar-refractivity contribution is -0.118. The molecule has 1 fully saturated rings. The second-order valence-electron chi connectivity index (χ2n) is 6.58. The molecular formula is C20H22N4O3S2. The Balaban J connectivity index is 1.78. The third-order valence-corrected chi connectivity index (χ3v) is 6.17. The van der Waals surface area contributed by atoms with Gasteiger partial charge in [-0.3, -0.25) is 14.8 Å². The zero-order valence-corrected chi connectivity index (χ0v) is 17.7. The Kier molecular flexibility index (Phi) is 7.18. The van der Waals surface area contributed by atoms with Crippen molar-refractivity contribution < 1.29 is 14.8 Å². The Morgan fingerprint density at radius 3 is 2.62 bits per heavy atom. The van der Waals surface area contributed by atoms with Crippen molar-refractivity contribution in [3.8, 4) is 0 Å². The number of aromatic nitrogens is 1. The fraction of sp³-hybridized carbons (Fsp3) is 0.300. The van der Waals surface area contributed by atoms with E-state index in [4.69, 9.17) is 5.21 Å². The third kappa shape index (κ3) is 5.53. The topological polar surface area (TPSA) is 104 Å². The summed E-state index contributed by atoms with van der Waals surface area (Å²) in [7, 11) is 0. The van der Waals surface area contributed by atoms with E-state index >= 15 is 0 Å². The lowest BCUT2D eigenvalue weighted by Gasteiger charge is -2.16. The summed E-state index contributed by atoms with van der Waals surface area (Å²) < 4.78 is 0. The van der Waals surface area contributed by atoms with Gasteiger partial charge < -0.3 is 5.32 Å². The predicted octanol–water partition coefficient (Wildman–Crippen LogP) is 3.54. The molecule has 3 rings (SSSR count). The van der Waals surface area contributed by atoms with Crippen LogP contribution in [0.1, 0.15) is 46.7 Å². The molecule has 3 N–H and O–H groups in total. The van der Waals surface area contributed by atoms with Gasteiger partial charge in [-0.15, -0.1) is 23.1 Å². The van der Waals surface area contributed by atoms with Crippen molar-refractivity contribution in [3.05, 3.63) is 62.6 Å². The van der Waals surface area contributed by atoms with Crippen molar-refractivity contribution >= 4 is 41.1 Å². The van der Waals surface area contributed by atoms with E-state index in [1.54, 1.807) is 53.9 Å². The van der Waals surface area contributed by atoms with E-state index < -0.39 is 5.91 Å². The SMILES string of the molecule is CS/C(=C(\N=C\c1nccs1)C(=O)NC(C)c1ccc(C(=O)NO)cc1)C1CC1. The molecule has 0 spiro atoms. The van der Waals surface area contributed by atoms with Gasteiger partial charge in [0.2, 0.25) is 0 Å². The highest BCUT2D eigenvalue weighted by atomic mass is 32.2. The predicted molar refractivity (Wildman–Crippen MR) is 115 cm³/mol. The molecule has 7 nitrogen and oxygen atoms in total. The van der Waals surface area contributed by atoms with E-state index in [1.807, 2.05) is 18.6 Å². The fourth-order valence-corrected chi connectivity index (χ4v) is 4.19. The van der Waals surface area contributed by atoms with Gasteiger partial charge in [-0.2, -0.15) is 0 Å². The van der Waals surface area contributed by atoms with E-state index in [1.165, 1.54) is 11.3 Å². The van der Waals surface area contributed by atoms with Crippen molar-refractivity contribution in [2.45, 2.75) is 25.8 Å². The van der Waals surface area contributed by atoms with E-state index in [2.05, 4.69) is 15.3 Å². The van der Waals surface area contributed by atoms with Crippen molar-refractivity contribution in [2.24, 2.45) is 10.9 Å². The standard InChI is InChI=1S/C20H22N4O3S2/c1-12(13-3-7-15(8-4-13)19(25)24-27)23-20(26)17(18(28-2)14-5-6-14)22-11-16-21-9-10-29-16/h3-4,7-12,14,27H,5-6H2,1-2H3,(H,23,26)(H,24,25)/b18-17-,22-11+. The van der Waals surface area contributed by atoms with Crippen molar-refractivity contribution in [2.75, 3.05) is 6.26 Å². The normalized spacial score (nSPS) is 15.7. The molecule has 1 unspecified atom stereocenters. The summed E-state index contributed by atoms with van der Waals surface area (Å²) in [5, 5.41) is 14.3. The van der Waals surface area contributed by atoms with Crippen LogP contribution in [0.15, 0.2) is 51.4 Å². The number of hydrogen-bond donors (Lipinski definition) is 3. The number of amides is 2. The number of carbonyl (C=O) groups excluding carboxylic acids is 2. The molecule has 0 saturated heterocycles. The number of allylic oxidation sites excluding steroid dienone is 1. The number of nitrogens with one attached hydrogen (secondary N) is 2. The summed E-state index contributed by atoms with van der Waals surface area (Å²) in [6, 6.07) is 6.40. The van der Waals surface area contributed by atoms with Gasteiger partial charge >= 0.3 is 0 Å². The molecule has 0 aliphatic heterocycles. The summed E-state index contributed by atoms with van der Waals surface area (Å²) in [6.07, 6.45) is 7.45. The van der Waals surface area contributed by atoms with Crippen molar-refractivity contribution in [3.63, 3.8) is 0 Å². The molecule has 1 aliphatic rings. The van der Waals surface area contributed by atoms with Gasteiger partial charge in [-0.1, -0.05) is 12.1 Å². The Morgan fingerprint density at radius 2 is 2.07 bits per heavy atom. The molecule has 9 heteroatoms. The molecule has 1 heterocycles. The lowest BCUT2D eigenvalue weighted by atomic mass is 10.1. The van der Waals surface area contributed by atoms with Gasteiger partial charge in [0.05, 0.1) is 12.3 Å². The second kappa shape index (κ2) is 9.82. The molecule has 2 aromatic rings. The number of carbonyl (C=O) groups is 2. The second-order valence-corrected chi connectivity index (χ2v) is 8.35. The first-order valence-corrected chi connectivity index (χ1v) is 11.2. The number of aliphatic imine (C=N–C) groups is 1. The summed E-state index contributed by atoms with van der Waals surface area (Å²) in [5.41, 5.74) is 3.21. The molecule has 1 atom stereocenters. The minimum atomic E-state index is -0.580. The van der Waals surface area contributed by atoms with Crippen LogP contribution < -0.4 is 10.8 Å². The molecular weight excluding hydrogens is 408 g/mol. The maximum Gasteiger partial charge on any atom is 0.274 e. The maximum atomic E-state index is 13.0. The van der Waals surface area contributed by atoms with Crippen LogP contribution in [0.3, 0.4) is 0 Å². The molecule has 1 aromatic heterocycles. The first kappa shape index (κ1) is 21.2. The molecule has 29 heavy (non-hydrogen) atoms. The van der Waals surface area contributed by atoms with Gasteiger partial charge in [0.1, 0.15) is 10.7 Å². The van der Waals surface area contributed by atoms with Crippen molar-refractivity contribution in [1.29, 1.82) is 0 Å². The number of hydroxylamine groups is 1. The average Bonchev–Trinajstić information content (AvgIpc) is 3.44. The minimum absolute atomic E-state index is 0.237. The first-order chi connectivity index (χ1) is 14.0. The summed E-state index contributed by atoms with van der Waals surface area (Å²) >= 11 is 3.03. The summed E-state index contributed by atoms with van der Waals surface area (Å²) in [4.78, 5) is 34.1. The molecule has 1 aromatic carbocycles. The van der Waals surface area contributed by atoms with Gasteiger partial charge in [0, 0.05) is 22.0 Å². The quantitative estimate of drug-likeness (QED) is 0.257. The molecule has 0 bridgehead atoms. The minimum Gasteiger partial charge on any atom is -0.344 e. The number of rotatable bonds is 8. The number of nitrogens with zero attached hydrogens (tertiary/aromatic N) is 2. The fourth-order valence-electron chi connectivity index (χ4n) is 2.79. The van der Waals surface area contributed by atoms with E-state index in [9.17, 15) is 9.59 Å². The first-order valence-electron chi connectivity index (χ1n) is 9.10. The highest BCUT2D eigenvalue weighted by Gasteiger charge is 2.30. The number of hydrogen-bond acceptors (Lipinski definition) is 7. The molecule has 2 amide bonds. The monoisotopic (exact) mass is 430 g/mol. The summed E-state index contributed by atoms with van der Waals surface area (Å²) in [5.74, 6) is -0.423. The summed E-state index contributed by atoms with van der Waals surface area (Å²) in [6.45, 7) is 1.87. The van der Waals surface area contributed by atoms with E-state index in [0.717, 1.165) is 28.3 Å². The number of thioether (sulfide) groups is 1. The number of benzene rings is 1. The lowest BCUT2D eigenvalue weighted by Crippen LogP contribution is -2.28. The van der Waals surface area contributed by atoms with E-state index in [0.29, 0.717) is 17.2 Å². The smallest absolute Gasteiger partial charge is 0.274 e. The van der Waals surface area contributed by atoms with E-state index in [-0.39, 0.29) is 11.9 Å². The molecule has 152 valence electrons. The van der Waals surface area contributed by atoms with Gasteiger partial charge in [0.25, 0.3) is 11.8 Å². The largest absolute Gasteiger partial charge is 0.344 e. The van der Waals surface area contributed by atoms with Crippen LogP contribution in [-0.4, -0.2) is 34.5 Å². The highest BCUT2D eigenvalue weighted by molar-refractivity contribution is 8.02. The molecule has 1 aliphatic carbocycles. The van der Waals surface area contributed by atoms with Gasteiger partial charge in [-0.25, -0.2) is 15.5 Å². The number of thiazole rings is 1. The Bertz CT molecular complexity index is 920. The zero-order chi connectivity index (χ0) is 20.8. The Hall–Kier alpha value is -2.49. The van der Waals surface area contributed by atoms with Crippen LogP contribution in [0.5, 0.6) is 0 Å². The van der Waals surface area contributed by atoms with Crippen LogP contribution in [0, 0.1) is 5.92 Å². The third-order valence-electron chi connectivity index (χ3n) is 4.49. The van der Waals surface area contributed by atoms with Crippen LogP contribution in [-0.2, 0) is 4.79 Å². The average molecular weight is 431 g/mol. The molecule has 1 saturated carbocycles.